The Morgan fingerprint density at radius 3 is 2.68 bits per heavy atom. The molecule has 0 spiro atoms. The van der Waals surface area contributed by atoms with Crippen LogP contribution in [0.5, 0.6) is 5.88 Å². The summed E-state index contributed by atoms with van der Waals surface area (Å²) >= 11 is 0. The molecule has 2 aromatic rings. The van der Waals surface area contributed by atoms with Crippen LogP contribution in [0.15, 0.2) is 47.3 Å². The fraction of sp³-hybridized carbons (Fsp3) is 0.423. The summed E-state index contributed by atoms with van der Waals surface area (Å²) in [6.07, 6.45) is 5.08. The molecule has 2 aromatic heterocycles. The quantitative estimate of drug-likeness (QED) is 0.606. The number of halogens is 2. The molecule has 0 bridgehead atoms. The summed E-state index contributed by atoms with van der Waals surface area (Å²) in [5, 5.41) is 12.7. The van der Waals surface area contributed by atoms with E-state index in [1.807, 2.05) is 6.92 Å². The molecule has 1 unspecified atom stereocenters. The van der Waals surface area contributed by atoms with Crippen LogP contribution >= 0.6 is 0 Å². The Labute approximate surface area is 213 Å². The lowest BCUT2D eigenvalue weighted by atomic mass is 9.89. The number of amides is 1. The fourth-order valence-electron chi connectivity index (χ4n) is 4.31. The Morgan fingerprint density at radius 1 is 1.27 bits per heavy atom. The number of morpholine rings is 1. The number of pyridine rings is 2. The fourth-order valence-corrected chi connectivity index (χ4v) is 4.31. The van der Waals surface area contributed by atoms with Gasteiger partial charge < -0.3 is 14.8 Å². The predicted octanol–water partition coefficient (Wildman–Crippen LogP) is 3.54. The van der Waals surface area contributed by atoms with E-state index in [1.54, 1.807) is 38.3 Å². The Morgan fingerprint density at radius 2 is 2.03 bits per heavy atom. The van der Waals surface area contributed by atoms with Gasteiger partial charge in [0.05, 0.1) is 30.4 Å². The van der Waals surface area contributed by atoms with Gasteiger partial charge in [-0.1, -0.05) is 0 Å². The summed E-state index contributed by atoms with van der Waals surface area (Å²) in [6.45, 7) is 4.51. The molecular weight excluding hydrogens is 482 g/mol. The smallest absolute Gasteiger partial charge is 0.388 e. The summed E-state index contributed by atoms with van der Waals surface area (Å²) in [7, 11) is 0. The molecule has 0 radical (unpaired) electrons. The second kappa shape index (κ2) is 10.7. The maximum Gasteiger partial charge on any atom is 0.388 e. The monoisotopic (exact) mass is 510 g/mol. The molecule has 37 heavy (non-hydrogen) atoms. The average molecular weight is 511 g/mol. The number of carbonyl (C=O) groups excluding carboxylic acids is 1. The highest BCUT2D eigenvalue weighted by Crippen LogP contribution is 2.35. The Balaban J connectivity index is 1.65. The number of allylic oxidation sites excluding steroid dienone is 1. The van der Waals surface area contributed by atoms with Gasteiger partial charge in [-0.2, -0.15) is 14.0 Å². The van der Waals surface area contributed by atoms with E-state index in [2.05, 4.69) is 36.0 Å². The molecule has 4 heterocycles. The normalized spacial score (nSPS) is 20.6. The Kier molecular flexibility index (Phi) is 7.61. The summed E-state index contributed by atoms with van der Waals surface area (Å²) < 4.78 is 35.0. The van der Waals surface area contributed by atoms with Gasteiger partial charge in [0, 0.05) is 55.4 Å². The van der Waals surface area contributed by atoms with Crippen molar-refractivity contribution in [2.45, 2.75) is 44.9 Å². The van der Waals surface area contributed by atoms with Crippen molar-refractivity contribution in [3.8, 4) is 11.9 Å². The van der Waals surface area contributed by atoms with Crippen LogP contribution in [-0.4, -0.2) is 65.6 Å². The first-order valence-electron chi connectivity index (χ1n) is 11.8. The third-order valence-corrected chi connectivity index (χ3v) is 6.50. The van der Waals surface area contributed by atoms with Gasteiger partial charge in [-0.25, -0.2) is 4.98 Å². The lowest BCUT2D eigenvalue weighted by Gasteiger charge is -2.45. The lowest BCUT2D eigenvalue weighted by Crippen LogP contribution is -2.65. The standard InChI is InChI=1S/C26H28F2N6O3/c1-17-20(19-4-5-22(31-14-19)37-24(27)28)13-26(16-32-17,34-8-10-36-11-9-34)33-23(35)18-6-7-30-21(12-18)25(2,3)15-29/h4-7,12,14,16,24H,8-11,13H2,1-3H3,(H,33,35). The maximum atomic E-state index is 13.5. The first-order valence-corrected chi connectivity index (χ1v) is 11.8. The Bertz CT molecular complexity index is 1250. The second-order valence-electron chi connectivity index (χ2n) is 9.41. The summed E-state index contributed by atoms with van der Waals surface area (Å²) in [5.74, 6) is -0.522. The third-order valence-electron chi connectivity index (χ3n) is 6.50. The highest BCUT2D eigenvalue weighted by molar-refractivity contribution is 5.98. The number of aromatic nitrogens is 2. The number of alkyl halides is 2. The zero-order valence-electron chi connectivity index (χ0n) is 20.9. The highest BCUT2D eigenvalue weighted by atomic mass is 19.3. The van der Waals surface area contributed by atoms with Crippen molar-refractivity contribution in [1.82, 2.24) is 20.2 Å². The van der Waals surface area contributed by atoms with E-state index in [4.69, 9.17) is 4.74 Å². The van der Waals surface area contributed by atoms with E-state index in [0.29, 0.717) is 49.5 Å². The van der Waals surface area contributed by atoms with Gasteiger partial charge in [0.1, 0.15) is 5.66 Å². The molecule has 11 heteroatoms. The van der Waals surface area contributed by atoms with Crippen LogP contribution < -0.4 is 10.1 Å². The van der Waals surface area contributed by atoms with Crippen molar-refractivity contribution in [1.29, 1.82) is 5.26 Å². The first kappa shape index (κ1) is 26.3. The molecule has 194 valence electrons. The zero-order valence-corrected chi connectivity index (χ0v) is 20.9. The van der Waals surface area contributed by atoms with Crippen molar-refractivity contribution in [3.05, 3.63) is 59.2 Å². The van der Waals surface area contributed by atoms with E-state index < -0.39 is 17.7 Å². The molecule has 1 amide bonds. The van der Waals surface area contributed by atoms with Crippen molar-refractivity contribution >= 4 is 17.7 Å². The van der Waals surface area contributed by atoms with E-state index in [9.17, 15) is 18.8 Å². The van der Waals surface area contributed by atoms with Crippen LogP contribution in [0.3, 0.4) is 0 Å². The minimum atomic E-state index is -2.96. The van der Waals surface area contributed by atoms with E-state index in [1.165, 1.54) is 18.5 Å². The Hall–Kier alpha value is -3.75. The van der Waals surface area contributed by atoms with E-state index >= 15 is 0 Å². The molecule has 2 aliphatic rings. The molecule has 4 rings (SSSR count). The number of aliphatic imine (C=N–C) groups is 1. The van der Waals surface area contributed by atoms with Gasteiger partial charge in [-0.3, -0.25) is 19.7 Å². The van der Waals surface area contributed by atoms with Gasteiger partial charge in [0.15, 0.2) is 0 Å². The number of nitriles is 1. The van der Waals surface area contributed by atoms with Crippen molar-refractivity contribution < 1.29 is 23.0 Å². The van der Waals surface area contributed by atoms with Crippen molar-refractivity contribution in [2.24, 2.45) is 4.99 Å². The van der Waals surface area contributed by atoms with Gasteiger partial charge in [-0.05, 0) is 50.1 Å². The van der Waals surface area contributed by atoms with E-state index in [-0.39, 0.29) is 11.8 Å². The van der Waals surface area contributed by atoms with Crippen LogP contribution in [0.4, 0.5) is 8.78 Å². The number of rotatable bonds is 7. The van der Waals surface area contributed by atoms with Crippen LogP contribution in [0.25, 0.3) is 5.57 Å². The van der Waals surface area contributed by atoms with Crippen LogP contribution in [0, 0.1) is 11.3 Å². The number of hydrogen-bond acceptors (Lipinski definition) is 8. The predicted molar refractivity (Wildman–Crippen MR) is 132 cm³/mol. The highest BCUT2D eigenvalue weighted by Gasteiger charge is 2.41. The minimum Gasteiger partial charge on any atom is -0.417 e. The molecule has 1 saturated heterocycles. The zero-order chi connectivity index (χ0) is 26.6. The average Bonchev–Trinajstić information content (AvgIpc) is 2.90. The molecule has 0 aliphatic carbocycles. The second-order valence-corrected chi connectivity index (χ2v) is 9.41. The number of nitrogens with zero attached hydrogens (tertiary/aromatic N) is 5. The summed E-state index contributed by atoms with van der Waals surface area (Å²) in [5.41, 5.74) is 1.26. The molecule has 0 saturated carbocycles. The topological polar surface area (TPSA) is 113 Å². The first-order chi connectivity index (χ1) is 17.6. The molecule has 0 aromatic carbocycles. The van der Waals surface area contributed by atoms with Gasteiger partial charge in [0.2, 0.25) is 5.88 Å². The number of ether oxygens (including phenoxy) is 2. The summed E-state index contributed by atoms with van der Waals surface area (Å²) in [6, 6.07) is 8.46. The largest absolute Gasteiger partial charge is 0.417 e. The SMILES string of the molecule is CC1=C(c2ccc(OC(F)F)nc2)CC(NC(=O)c2ccnc(C(C)(C)C#N)c2)(N2CCOCC2)C=N1. The molecule has 1 fully saturated rings. The number of nitrogens with one attached hydrogen (secondary N) is 1. The van der Waals surface area contributed by atoms with Gasteiger partial charge >= 0.3 is 6.61 Å². The van der Waals surface area contributed by atoms with Gasteiger partial charge in [0.25, 0.3) is 5.91 Å². The van der Waals surface area contributed by atoms with Crippen molar-refractivity contribution in [2.75, 3.05) is 26.3 Å². The summed E-state index contributed by atoms with van der Waals surface area (Å²) in [4.78, 5) is 28.5. The molecule has 1 atom stereocenters. The van der Waals surface area contributed by atoms with E-state index in [0.717, 1.165) is 11.3 Å². The molecule has 2 aliphatic heterocycles. The van der Waals surface area contributed by atoms with Crippen LogP contribution in [0.2, 0.25) is 0 Å². The minimum absolute atomic E-state index is 0.183. The third kappa shape index (κ3) is 5.81. The number of hydrogen-bond donors (Lipinski definition) is 1. The van der Waals surface area contributed by atoms with Crippen molar-refractivity contribution in [3.63, 3.8) is 0 Å². The molecule has 1 N–H and O–H groups in total. The molecule has 9 nitrogen and oxygen atoms in total. The van der Waals surface area contributed by atoms with Crippen LogP contribution in [-0.2, 0) is 10.2 Å². The van der Waals surface area contributed by atoms with Gasteiger partial charge in [-0.15, -0.1) is 0 Å². The number of carbonyl (C=O) groups is 1. The molecular formula is C26H28F2N6O3. The maximum absolute atomic E-state index is 13.5. The lowest BCUT2D eigenvalue weighted by molar-refractivity contribution is -0.0528. The van der Waals surface area contributed by atoms with Crippen LogP contribution in [0.1, 0.15) is 48.8 Å².